The molecule has 0 spiro atoms. The largest absolute Gasteiger partial charge is 0.412 e. The molecule has 0 aliphatic carbocycles. The van der Waals surface area contributed by atoms with Gasteiger partial charge in [0.15, 0.2) is 0 Å². The number of aromatic nitrogens is 2. The fourth-order valence-electron chi connectivity index (χ4n) is 3.66. The molecule has 1 saturated heterocycles. The van der Waals surface area contributed by atoms with Crippen LogP contribution in [-0.4, -0.2) is 40.2 Å². The third-order valence-corrected chi connectivity index (χ3v) is 6.15. The van der Waals surface area contributed by atoms with E-state index >= 15 is 0 Å². The number of thiophene rings is 1. The van der Waals surface area contributed by atoms with Gasteiger partial charge in [-0.05, 0) is 67.4 Å². The SMILES string of the molecule is Cl.Cl.O.c1ccc(CN2CCC(CCNc3ccc(-c4cccs4)nn3)CC2)cc1. The number of nitrogens with zero attached hydrogens (tertiary/aromatic N) is 3. The highest BCUT2D eigenvalue weighted by molar-refractivity contribution is 7.13. The van der Waals surface area contributed by atoms with Crippen molar-refractivity contribution in [1.82, 2.24) is 15.1 Å². The van der Waals surface area contributed by atoms with E-state index < -0.39 is 0 Å². The van der Waals surface area contributed by atoms with Gasteiger partial charge in [-0.2, -0.15) is 0 Å². The van der Waals surface area contributed by atoms with Gasteiger partial charge in [-0.15, -0.1) is 46.3 Å². The minimum absolute atomic E-state index is 0. The lowest BCUT2D eigenvalue weighted by Gasteiger charge is -2.32. The van der Waals surface area contributed by atoms with Crippen LogP contribution < -0.4 is 5.32 Å². The molecule has 0 bridgehead atoms. The van der Waals surface area contributed by atoms with Crippen molar-refractivity contribution in [3.05, 3.63) is 65.5 Å². The van der Waals surface area contributed by atoms with Gasteiger partial charge in [0.1, 0.15) is 11.5 Å². The van der Waals surface area contributed by atoms with Gasteiger partial charge in [-0.25, -0.2) is 0 Å². The topological polar surface area (TPSA) is 72.6 Å². The maximum atomic E-state index is 4.33. The van der Waals surface area contributed by atoms with Gasteiger partial charge < -0.3 is 10.8 Å². The van der Waals surface area contributed by atoms with E-state index in [4.69, 9.17) is 0 Å². The number of likely N-dealkylation sites (tertiary alicyclic amines) is 1. The van der Waals surface area contributed by atoms with E-state index in [0.717, 1.165) is 35.4 Å². The predicted molar refractivity (Wildman–Crippen MR) is 131 cm³/mol. The Balaban J connectivity index is 0.00000150. The summed E-state index contributed by atoms with van der Waals surface area (Å²) >= 11 is 1.69. The van der Waals surface area contributed by atoms with E-state index in [-0.39, 0.29) is 30.3 Å². The number of anilines is 1. The van der Waals surface area contributed by atoms with E-state index in [9.17, 15) is 0 Å². The Hall–Kier alpha value is -1.70. The molecule has 2 aromatic heterocycles. The standard InChI is InChI=1S/C22H26N4S.2ClH.H2O/c1-2-5-19(6-3-1)17-26-14-11-18(12-15-26)10-13-23-22-9-8-20(24-25-22)21-7-4-16-27-21;;;/h1-9,16,18H,10-15,17H2,(H,23,25);2*1H;1H2. The predicted octanol–water partition coefficient (Wildman–Crippen LogP) is 4.94. The number of nitrogens with one attached hydrogen (secondary N) is 1. The van der Waals surface area contributed by atoms with Gasteiger partial charge in [0.2, 0.25) is 0 Å². The third kappa shape index (κ3) is 7.52. The summed E-state index contributed by atoms with van der Waals surface area (Å²) in [5.74, 6) is 1.68. The highest BCUT2D eigenvalue weighted by Gasteiger charge is 2.18. The van der Waals surface area contributed by atoms with Crippen molar-refractivity contribution in [2.75, 3.05) is 25.0 Å². The Labute approximate surface area is 195 Å². The molecule has 8 heteroatoms. The zero-order valence-electron chi connectivity index (χ0n) is 16.9. The van der Waals surface area contributed by atoms with E-state index in [1.54, 1.807) is 11.3 Å². The minimum atomic E-state index is 0. The maximum absolute atomic E-state index is 4.33. The zero-order valence-corrected chi connectivity index (χ0v) is 19.3. The lowest BCUT2D eigenvalue weighted by molar-refractivity contribution is 0.174. The lowest BCUT2D eigenvalue weighted by atomic mass is 9.93. The quantitative estimate of drug-likeness (QED) is 0.532. The normalized spacial score (nSPS) is 14.1. The molecule has 3 N–H and O–H groups in total. The summed E-state index contributed by atoms with van der Waals surface area (Å²) in [7, 11) is 0. The fourth-order valence-corrected chi connectivity index (χ4v) is 4.35. The van der Waals surface area contributed by atoms with Crippen molar-refractivity contribution in [2.24, 2.45) is 5.92 Å². The first-order valence-corrected chi connectivity index (χ1v) is 10.6. The van der Waals surface area contributed by atoms with Crippen LogP contribution in [0.1, 0.15) is 24.8 Å². The molecule has 0 radical (unpaired) electrons. The molecule has 1 fully saturated rings. The van der Waals surface area contributed by atoms with Gasteiger partial charge in [0, 0.05) is 13.1 Å². The first-order chi connectivity index (χ1) is 13.4. The molecule has 1 aliphatic heterocycles. The fraction of sp³-hybridized carbons (Fsp3) is 0.364. The Morgan fingerprint density at radius 3 is 2.33 bits per heavy atom. The molecule has 164 valence electrons. The molecule has 5 nitrogen and oxygen atoms in total. The summed E-state index contributed by atoms with van der Waals surface area (Å²) in [5.41, 5.74) is 2.36. The van der Waals surface area contributed by atoms with Crippen molar-refractivity contribution in [2.45, 2.75) is 25.8 Å². The van der Waals surface area contributed by atoms with Crippen molar-refractivity contribution < 1.29 is 5.48 Å². The summed E-state index contributed by atoms with van der Waals surface area (Å²) in [4.78, 5) is 3.74. The molecule has 3 aromatic rings. The Bertz CT molecular complexity index is 811. The van der Waals surface area contributed by atoms with Crippen LogP contribution >= 0.6 is 36.2 Å². The zero-order chi connectivity index (χ0) is 18.3. The van der Waals surface area contributed by atoms with Gasteiger partial charge in [-0.1, -0.05) is 36.4 Å². The summed E-state index contributed by atoms with van der Waals surface area (Å²) in [6.45, 7) is 4.46. The van der Waals surface area contributed by atoms with Crippen LogP contribution in [0.15, 0.2) is 60.0 Å². The van der Waals surface area contributed by atoms with Crippen LogP contribution in [-0.2, 0) is 6.54 Å². The molecule has 30 heavy (non-hydrogen) atoms. The number of benzene rings is 1. The average Bonchev–Trinajstić information content (AvgIpc) is 3.26. The van der Waals surface area contributed by atoms with Crippen LogP contribution in [0.2, 0.25) is 0 Å². The van der Waals surface area contributed by atoms with Gasteiger partial charge in [0.05, 0.1) is 4.88 Å². The second kappa shape index (κ2) is 13.6. The van der Waals surface area contributed by atoms with Crippen LogP contribution in [0, 0.1) is 5.92 Å². The first kappa shape index (κ1) is 26.3. The van der Waals surface area contributed by atoms with Crippen molar-refractivity contribution >= 4 is 42.0 Å². The third-order valence-electron chi connectivity index (χ3n) is 5.25. The van der Waals surface area contributed by atoms with Gasteiger partial charge >= 0.3 is 0 Å². The molecular weight excluding hydrogens is 439 g/mol. The molecule has 4 rings (SSSR count). The summed E-state index contributed by atoms with van der Waals surface area (Å²) in [6, 6.07) is 19.0. The summed E-state index contributed by atoms with van der Waals surface area (Å²) < 4.78 is 0. The van der Waals surface area contributed by atoms with Crippen molar-refractivity contribution in [3.8, 4) is 10.6 Å². The maximum Gasteiger partial charge on any atom is 0.148 e. The smallest absolute Gasteiger partial charge is 0.148 e. The Kier molecular flexibility index (Phi) is 11.9. The average molecular weight is 469 g/mol. The second-order valence-corrected chi connectivity index (χ2v) is 8.15. The van der Waals surface area contributed by atoms with Crippen molar-refractivity contribution in [3.63, 3.8) is 0 Å². The molecule has 0 saturated carbocycles. The van der Waals surface area contributed by atoms with Crippen LogP contribution in [0.5, 0.6) is 0 Å². The molecule has 1 aliphatic rings. The highest BCUT2D eigenvalue weighted by atomic mass is 35.5. The van der Waals surface area contributed by atoms with Crippen molar-refractivity contribution in [1.29, 1.82) is 0 Å². The molecule has 0 unspecified atom stereocenters. The molecular formula is C22H30Cl2N4OS. The molecule has 0 amide bonds. The lowest BCUT2D eigenvalue weighted by Crippen LogP contribution is -2.33. The van der Waals surface area contributed by atoms with E-state index in [1.807, 2.05) is 18.2 Å². The van der Waals surface area contributed by atoms with Crippen LogP contribution in [0.4, 0.5) is 5.82 Å². The highest BCUT2D eigenvalue weighted by Crippen LogP contribution is 2.23. The number of piperidine rings is 1. The van der Waals surface area contributed by atoms with E-state index in [0.29, 0.717) is 0 Å². The monoisotopic (exact) mass is 468 g/mol. The Morgan fingerprint density at radius 1 is 0.933 bits per heavy atom. The number of halogens is 2. The summed E-state index contributed by atoms with van der Waals surface area (Å²) in [5, 5.41) is 14.1. The van der Waals surface area contributed by atoms with E-state index in [2.05, 4.69) is 62.2 Å². The van der Waals surface area contributed by atoms with Gasteiger partial charge in [-0.3, -0.25) is 4.90 Å². The minimum Gasteiger partial charge on any atom is -0.412 e. The number of hydrogen-bond acceptors (Lipinski definition) is 5. The Morgan fingerprint density at radius 2 is 1.70 bits per heavy atom. The molecule has 3 heterocycles. The molecule has 0 atom stereocenters. The van der Waals surface area contributed by atoms with Crippen LogP contribution in [0.25, 0.3) is 10.6 Å². The number of hydrogen-bond donors (Lipinski definition) is 1. The molecule has 1 aromatic carbocycles. The van der Waals surface area contributed by atoms with Crippen LogP contribution in [0.3, 0.4) is 0 Å². The summed E-state index contributed by atoms with van der Waals surface area (Å²) in [6.07, 6.45) is 3.78. The van der Waals surface area contributed by atoms with Gasteiger partial charge in [0.25, 0.3) is 0 Å². The second-order valence-electron chi connectivity index (χ2n) is 7.20. The first-order valence-electron chi connectivity index (χ1n) is 9.74. The van der Waals surface area contributed by atoms with E-state index in [1.165, 1.54) is 37.9 Å². The number of rotatable bonds is 7.